The van der Waals surface area contributed by atoms with E-state index in [1.807, 2.05) is 36.7 Å². The van der Waals surface area contributed by atoms with Crippen LogP contribution in [0.2, 0.25) is 0 Å². The molecule has 1 heterocycles. The van der Waals surface area contributed by atoms with E-state index >= 15 is 0 Å². The molecule has 0 aliphatic carbocycles. The van der Waals surface area contributed by atoms with E-state index < -0.39 is 12.0 Å². The van der Waals surface area contributed by atoms with Gasteiger partial charge in [-0.25, -0.2) is 0 Å². The highest BCUT2D eigenvalue weighted by Gasteiger charge is 2.21. The van der Waals surface area contributed by atoms with Crippen LogP contribution in [0.1, 0.15) is 31.7 Å². The van der Waals surface area contributed by atoms with Crippen LogP contribution in [0.15, 0.2) is 6.07 Å². The largest absolute Gasteiger partial charge is 0.480 e. The molecule has 5 heteroatoms. The van der Waals surface area contributed by atoms with Gasteiger partial charge >= 0.3 is 5.97 Å². The van der Waals surface area contributed by atoms with Crippen molar-refractivity contribution in [1.29, 1.82) is 0 Å². The molecule has 1 aromatic rings. The highest BCUT2D eigenvalue weighted by atomic mass is 16.4. The van der Waals surface area contributed by atoms with Crippen molar-refractivity contribution < 1.29 is 9.90 Å². The Hall–Kier alpha value is -1.36. The van der Waals surface area contributed by atoms with Gasteiger partial charge in [0, 0.05) is 13.6 Å². The maximum atomic E-state index is 11.0. The third kappa shape index (κ3) is 3.30. The molecule has 0 spiro atoms. The first-order valence-electron chi connectivity index (χ1n) is 5.94. The minimum Gasteiger partial charge on any atom is -0.480 e. The number of likely N-dealkylation sites (N-methyl/N-ethyl adjacent to an activating group) is 1. The van der Waals surface area contributed by atoms with Gasteiger partial charge in [0.05, 0.1) is 11.4 Å². The Balaban J connectivity index is 2.75. The first kappa shape index (κ1) is 13.7. The molecule has 1 aromatic heterocycles. The molecule has 1 unspecified atom stereocenters. The molecule has 0 aliphatic rings. The van der Waals surface area contributed by atoms with Crippen molar-refractivity contribution in [2.75, 3.05) is 7.05 Å². The van der Waals surface area contributed by atoms with Gasteiger partial charge in [0.15, 0.2) is 0 Å². The number of hydrogen-bond acceptors (Lipinski definition) is 3. The number of nitrogens with zero attached hydrogens (tertiary/aromatic N) is 3. The maximum Gasteiger partial charge on any atom is 0.320 e. The molecule has 17 heavy (non-hydrogen) atoms. The molecule has 0 aliphatic heterocycles. The molecule has 1 rings (SSSR count). The first-order chi connectivity index (χ1) is 7.99. The summed E-state index contributed by atoms with van der Waals surface area (Å²) in [6.45, 7) is 4.55. The van der Waals surface area contributed by atoms with Crippen LogP contribution >= 0.6 is 0 Å². The fourth-order valence-corrected chi connectivity index (χ4v) is 1.93. The van der Waals surface area contributed by atoms with Crippen molar-refractivity contribution in [3.63, 3.8) is 0 Å². The van der Waals surface area contributed by atoms with E-state index in [0.29, 0.717) is 13.0 Å². The Bertz CT molecular complexity index is 387. The Morgan fingerprint density at radius 3 is 2.65 bits per heavy atom. The van der Waals surface area contributed by atoms with Crippen molar-refractivity contribution in [3.8, 4) is 0 Å². The highest BCUT2D eigenvalue weighted by molar-refractivity contribution is 5.73. The number of rotatable bonds is 6. The summed E-state index contributed by atoms with van der Waals surface area (Å²) < 4.78 is 1.82. The maximum absolute atomic E-state index is 11.0. The number of hydrogen-bond donors (Lipinski definition) is 1. The molecular formula is C12H21N3O2. The fraction of sp³-hybridized carbons (Fsp3) is 0.667. The zero-order valence-electron chi connectivity index (χ0n) is 11.0. The van der Waals surface area contributed by atoms with Crippen LogP contribution in [-0.2, 0) is 24.8 Å². The predicted octanol–water partition coefficient (Wildman–Crippen LogP) is 1.28. The van der Waals surface area contributed by atoms with E-state index in [-0.39, 0.29) is 0 Å². The molecule has 0 bridgehead atoms. The second-order valence-electron chi connectivity index (χ2n) is 4.28. The van der Waals surface area contributed by atoms with Gasteiger partial charge in [-0.1, -0.05) is 13.8 Å². The van der Waals surface area contributed by atoms with E-state index in [2.05, 4.69) is 12.0 Å². The van der Waals surface area contributed by atoms with Crippen molar-refractivity contribution in [2.45, 2.75) is 39.3 Å². The standard InChI is InChI=1S/C12H21N3O2/c1-5-9-7-10(15(4)13-9)8-14(3)11(6-2)12(16)17/h7,11H,5-6,8H2,1-4H3,(H,16,17). The van der Waals surface area contributed by atoms with Crippen molar-refractivity contribution in [2.24, 2.45) is 7.05 Å². The van der Waals surface area contributed by atoms with E-state index in [1.54, 1.807) is 0 Å². The van der Waals surface area contributed by atoms with Gasteiger partial charge in [0.25, 0.3) is 0 Å². The van der Waals surface area contributed by atoms with Gasteiger partial charge in [0.2, 0.25) is 0 Å². The molecule has 1 N–H and O–H groups in total. The third-order valence-electron chi connectivity index (χ3n) is 3.00. The number of aliphatic carboxylic acids is 1. The molecular weight excluding hydrogens is 218 g/mol. The van der Waals surface area contributed by atoms with Crippen LogP contribution in [0.5, 0.6) is 0 Å². The van der Waals surface area contributed by atoms with Crippen LogP contribution in [0, 0.1) is 0 Å². The molecule has 0 fully saturated rings. The summed E-state index contributed by atoms with van der Waals surface area (Å²) in [6, 6.07) is 1.60. The first-order valence-corrected chi connectivity index (χ1v) is 5.94. The lowest BCUT2D eigenvalue weighted by molar-refractivity contribution is -0.143. The topological polar surface area (TPSA) is 58.4 Å². The molecule has 0 aromatic carbocycles. The fourth-order valence-electron chi connectivity index (χ4n) is 1.93. The monoisotopic (exact) mass is 239 g/mol. The van der Waals surface area contributed by atoms with E-state index in [1.165, 1.54) is 0 Å². The molecule has 0 saturated carbocycles. The van der Waals surface area contributed by atoms with Gasteiger partial charge in [-0.05, 0) is 26.0 Å². The smallest absolute Gasteiger partial charge is 0.320 e. The summed E-state index contributed by atoms with van der Waals surface area (Å²) in [5.41, 5.74) is 2.09. The second kappa shape index (κ2) is 5.82. The van der Waals surface area contributed by atoms with Gasteiger partial charge < -0.3 is 5.11 Å². The van der Waals surface area contributed by atoms with E-state index in [4.69, 9.17) is 5.11 Å². The number of aryl methyl sites for hydroxylation is 2. The summed E-state index contributed by atoms with van der Waals surface area (Å²) in [5, 5.41) is 13.4. The van der Waals surface area contributed by atoms with Gasteiger partial charge in [-0.2, -0.15) is 5.10 Å². The molecule has 1 atom stereocenters. The Kier molecular flexibility index (Phi) is 4.69. The Morgan fingerprint density at radius 1 is 1.59 bits per heavy atom. The van der Waals surface area contributed by atoms with Crippen LogP contribution in [0.25, 0.3) is 0 Å². The van der Waals surface area contributed by atoms with Crippen LogP contribution in [0.3, 0.4) is 0 Å². The van der Waals surface area contributed by atoms with Crippen molar-refractivity contribution >= 4 is 5.97 Å². The average molecular weight is 239 g/mol. The molecule has 0 amide bonds. The summed E-state index contributed by atoms with van der Waals surface area (Å²) in [4.78, 5) is 12.9. The Morgan fingerprint density at radius 2 is 2.24 bits per heavy atom. The Labute approximate surface area is 102 Å². The lowest BCUT2D eigenvalue weighted by Crippen LogP contribution is -2.37. The zero-order valence-corrected chi connectivity index (χ0v) is 11.0. The minimum atomic E-state index is -0.770. The quantitative estimate of drug-likeness (QED) is 0.812. The predicted molar refractivity (Wildman–Crippen MR) is 65.8 cm³/mol. The van der Waals surface area contributed by atoms with Gasteiger partial charge in [0.1, 0.15) is 6.04 Å². The summed E-state index contributed by atoms with van der Waals surface area (Å²) in [5.74, 6) is -0.770. The number of carboxylic acid groups (broad SMARTS) is 1. The molecule has 0 saturated heterocycles. The summed E-state index contributed by atoms with van der Waals surface area (Å²) in [6.07, 6.45) is 1.50. The van der Waals surface area contributed by atoms with Gasteiger partial charge in [-0.15, -0.1) is 0 Å². The minimum absolute atomic E-state index is 0.435. The normalized spacial score (nSPS) is 13.0. The van der Waals surface area contributed by atoms with E-state index in [9.17, 15) is 4.79 Å². The SMILES string of the molecule is CCc1cc(CN(C)C(CC)C(=O)O)n(C)n1. The van der Waals surface area contributed by atoms with Crippen LogP contribution in [-0.4, -0.2) is 38.8 Å². The molecule has 5 nitrogen and oxygen atoms in total. The van der Waals surface area contributed by atoms with Crippen molar-refractivity contribution in [1.82, 2.24) is 14.7 Å². The lowest BCUT2D eigenvalue weighted by atomic mass is 10.2. The highest BCUT2D eigenvalue weighted by Crippen LogP contribution is 2.10. The molecule has 96 valence electrons. The van der Waals surface area contributed by atoms with Crippen LogP contribution < -0.4 is 0 Å². The average Bonchev–Trinajstić information content (AvgIpc) is 2.60. The summed E-state index contributed by atoms with van der Waals surface area (Å²) in [7, 11) is 3.73. The zero-order chi connectivity index (χ0) is 13.0. The van der Waals surface area contributed by atoms with Gasteiger partial charge in [-0.3, -0.25) is 14.4 Å². The number of carboxylic acids is 1. The molecule has 0 radical (unpaired) electrons. The van der Waals surface area contributed by atoms with Crippen LogP contribution in [0.4, 0.5) is 0 Å². The van der Waals surface area contributed by atoms with E-state index in [0.717, 1.165) is 17.8 Å². The number of aromatic nitrogens is 2. The number of carbonyl (C=O) groups is 1. The van der Waals surface area contributed by atoms with Crippen molar-refractivity contribution in [3.05, 3.63) is 17.5 Å². The lowest BCUT2D eigenvalue weighted by Gasteiger charge is -2.23. The second-order valence-corrected chi connectivity index (χ2v) is 4.28. The third-order valence-corrected chi connectivity index (χ3v) is 3.00. The summed E-state index contributed by atoms with van der Waals surface area (Å²) >= 11 is 0.